The fourth-order valence-corrected chi connectivity index (χ4v) is 4.31. The summed E-state index contributed by atoms with van der Waals surface area (Å²) in [5, 5.41) is 0. The number of rotatable bonds is 5. The minimum Gasteiger partial charge on any atom is -0.497 e. The summed E-state index contributed by atoms with van der Waals surface area (Å²) in [6, 6.07) is 16.9. The van der Waals surface area contributed by atoms with E-state index in [4.69, 9.17) is 13.9 Å². The van der Waals surface area contributed by atoms with E-state index in [2.05, 4.69) is 4.98 Å². The minimum atomic E-state index is -0.290. The predicted octanol–water partition coefficient (Wildman–Crippen LogP) is 5.63. The lowest BCUT2D eigenvalue weighted by Gasteiger charge is -2.22. The van der Waals surface area contributed by atoms with Crippen LogP contribution < -0.4 is 9.47 Å². The van der Waals surface area contributed by atoms with Crippen LogP contribution in [0.15, 0.2) is 65.1 Å². The molecule has 0 spiro atoms. The zero-order chi connectivity index (χ0) is 22.9. The number of oxazole rings is 1. The van der Waals surface area contributed by atoms with E-state index in [0.29, 0.717) is 46.2 Å². The van der Waals surface area contributed by atoms with Gasteiger partial charge < -0.3 is 18.8 Å². The van der Waals surface area contributed by atoms with Crippen molar-refractivity contribution in [3.05, 3.63) is 77.9 Å². The molecule has 1 saturated heterocycles. The number of amides is 1. The van der Waals surface area contributed by atoms with Gasteiger partial charge in [-0.25, -0.2) is 9.37 Å². The van der Waals surface area contributed by atoms with Crippen LogP contribution in [0.2, 0.25) is 0 Å². The first-order valence-corrected chi connectivity index (χ1v) is 10.8. The second kappa shape index (κ2) is 8.58. The molecule has 0 bridgehead atoms. The first kappa shape index (κ1) is 21.0. The van der Waals surface area contributed by atoms with Crippen molar-refractivity contribution in [1.29, 1.82) is 0 Å². The molecule has 0 aliphatic carbocycles. The summed E-state index contributed by atoms with van der Waals surface area (Å²) >= 11 is 0. The van der Waals surface area contributed by atoms with Crippen molar-refractivity contribution in [2.45, 2.75) is 18.9 Å². The van der Waals surface area contributed by atoms with Crippen LogP contribution in [0.4, 0.5) is 4.39 Å². The lowest BCUT2D eigenvalue weighted by molar-refractivity contribution is 0.0716. The Labute approximate surface area is 190 Å². The highest BCUT2D eigenvalue weighted by Crippen LogP contribution is 2.36. The molecule has 1 aromatic heterocycles. The molecule has 1 atom stereocenters. The molecule has 0 radical (unpaired) electrons. The molecule has 4 aromatic rings. The maximum Gasteiger partial charge on any atom is 0.254 e. The van der Waals surface area contributed by atoms with E-state index in [1.165, 1.54) is 6.07 Å². The number of nitrogens with zero attached hydrogens (tertiary/aromatic N) is 2. The van der Waals surface area contributed by atoms with Gasteiger partial charge in [-0.2, -0.15) is 0 Å². The number of methoxy groups -OCH3 is 2. The third kappa shape index (κ3) is 3.91. The number of fused-ring (bicyclic) bond motifs is 1. The van der Waals surface area contributed by atoms with Gasteiger partial charge in [-0.15, -0.1) is 0 Å². The molecule has 5 rings (SSSR count). The molecule has 168 valence electrons. The highest BCUT2D eigenvalue weighted by molar-refractivity contribution is 5.95. The van der Waals surface area contributed by atoms with Crippen LogP contribution in [0.3, 0.4) is 0 Å². The SMILES string of the molecule is COc1cc(OC)cc(C(=O)N2CCCC2c2nc3cc(-c4ccccc4F)ccc3o2)c1. The first-order valence-electron chi connectivity index (χ1n) is 10.8. The topological polar surface area (TPSA) is 64.8 Å². The molecule has 0 N–H and O–H groups in total. The number of benzene rings is 3. The fourth-order valence-electron chi connectivity index (χ4n) is 4.31. The van der Waals surface area contributed by atoms with Crippen molar-refractivity contribution < 1.29 is 23.1 Å². The Bertz CT molecular complexity index is 1310. The predicted molar refractivity (Wildman–Crippen MR) is 122 cm³/mol. The minimum absolute atomic E-state index is 0.135. The summed E-state index contributed by atoms with van der Waals surface area (Å²) in [5.74, 6) is 1.16. The van der Waals surface area contributed by atoms with E-state index in [0.717, 1.165) is 18.4 Å². The molecule has 1 amide bonds. The van der Waals surface area contributed by atoms with Gasteiger partial charge in [0.15, 0.2) is 5.58 Å². The number of carbonyl (C=O) groups excluding carboxylic acids is 1. The van der Waals surface area contributed by atoms with E-state index in [1.54, 1.807) is 61.6 Å². The van der Waals surface area contributed by atoms with Crippen LogP contribution in [0.1, 0.15) is 35.1 Å². The zero-order valence-corrected chi connectivity index (χ0v) is 18.4. The van der Waals surface area contributed by atoms with Crippen LogP contribution in [0, 0.1) is 5.82 Å². The normalized spacial score (nSPS) is 15.7. The fraction of sp³-hybridized carbons (Fsp3) is 0.231. The number of aromatic nitrogens is 1. The molecular formula is C26H23FN2O4. The zero-order valence-electron chi connectivity index (χ0n) is 18.4. The smallest absolute Gasteiger partial charge is 0.254 e. The summed E-state index contributed by atoms with van der Waals surface area (Å²) in [5.41, 5.74) is 2.95. The summed E-state index contributed by atoms with van der Waals surface area (Å²) in [6.07, 6.45) is 1.59. The number of carbonyl (C=O) groups is 1. The van der Waals surface area contributed by atoms with Gasteiger partial charge in [0.2, 0.25) is 5.89 Å². The highest BCUT2D eigenvalue weighted by atomic mass is 19.1. The van der Waals surface area contributed by atoms with Crippen molar-refractivity contribution in [2.24, 2.45) is 0 Å². The standard InChI is InChI=1S/C26H23FN2O4/c1-31-18-12-17(13-19(15-18)32-2)26(30)29-11-5-8-23(29)25-28-22-14-16(9-10-24(22)33-25)20-6-3-4-7-21(20)27/h3-4,6-7,9-10,12-15,23H,5,8,11H2,1-2H3. The van der Waals surface area contributed by atoms with Crippen molar-refractivity contribution >= 4 is 17.0 Å². The van der Waals surface area contributed by atoms with E-state index >= 15 is 0 Å². The lowest BCUT2D eigenvalue weighted by atomic mass is 10.0. The average molecular weight is 446 g/mol. The molecule has 1 unspecified atom stereocenters. The molecule has 1 aliphatic heterocycles. The number of likely N-dealkylation sites (tertiary alicyclic amines) is 1. The number of ether oxygens (including phenoxy) is 2. The summed E-state index contributed by atoms with van der Waals surface area (Å²) in [7, 11) is 3.10. The number of hydrogen-bond donors (Lipinski definition) is 0. The van der Waals surface area contributed by atoms with Crippen LogP contribution in [-0.2, 0) is 0 Å². The number of halogens is 1. The molecule has 7 heteroatoms. The van der Waals surface area contributed by atoms with Gasteiger partial charge in [0.1, 0.15) is 28.9 Å². The maximum atomic E-state index is 14.2. The van der Waals surface area contributed by atoms with Gasteiger partial charge in [-0.3, -0.25) is 4.79 Å². The Kier molecular flexibility index (Phi) is 5.46. The van der Waals surface area contributed by atoms with Crippen LogP contribution >= 0.6 is 0 Å². The Morgan fingerprint density at radius 3 is 2.55 bits per heavy atom. The second-order valence-electron chi connectivity index (χ2n) is 7.97. The second-order valence-corrected chi connectivity index (χ2v) is 7.97. The van der Waals surface area contributed by atoms with Gasteiger partial charge >= 0.3 is 0 Å². The molecule has 3 aromatic carbocycles. The Hall–Kier alpha value is -3.87. The summed E-state index contributed by atoms with van der Waals surface area (Å²) < 4.78 is 30.9. The van der Waals surface area contributed by atoms with Crippen LogP contribution in [0.25, 0.3) is 22.2 Å². The lowest BCUT2D eigenvalue weighted by Crippen LogP contribution is -2.30. The van der Waals surface area contributed by atoms with Crippen molar-refractivity contribution in [3.63, 3.8) is 0 Å². The van der Waals surface area contributed by atoms with Gasteiger partial charge in [0.05, 0.1) is 14.2 Å². The van der Waals surface area contributed by atoms with E-state index < -0.39 is 0 Å². The Morgan fingerprint density at radius 2 is 1.82 bits per heavy atom. The van der Waals surface area contributed by atoms with E-state index in [9.17, 15) is 9.18 Å². The molecule has 33 heavy (non-hydrogen) atoms. The third-order valence-electron chi connectivity index (χ3n) is 5.99. The van der Waals surface area contributed by atoms with Crippen molar-refractivity contribution in [1.82, 2.24) is 9.88 Å². The Morgan fingerprint density at radius 1 is 1.06 bits per heavy atom. The van der Waals surface area contributed by atoms with Crippen molar-refractivity contribution in [3.8, 4) is 22.6 Å². The summed E-state index contributed by atoms with van der Waals surface area (Å²) in [4.78, 5) is 19.8. The molecule has 1 fully saturated rings. The average Bonchev–Trinajstić information content (AvgIpc) is 3.50. The van der Waals surface area contributed by atoms with Gasteiger partial charge in [-0.1, -0.05) is 24.3 Å². The highest BCUT2D eigenvalue weighted by Gasteiger charge is 2.34. The quantitative estimate of drug-likeness (QED) is 0.398. The van der Waals surface area contributed by atoms with Gasteiger partial charge in [0.25, 0.3) is 5.91 Å². The van der Waals surface area contributed by atoms with Crippen LogP contribution in [-0.4, -0.2) is 36.6 Å². The van der Waals surface area contributed by atoms with Crippen molar-refractivity contribution in [2.75, 3.05) is 20.8 Å². The summed E-state index contributed by atoms with van der Waals surface area (Å²) in [6.45, 7) is 0.599. The monoisotopic (exact) mass is 446 g/mol. The maximum absolute atomic E-state index is 14.2. The van der Waals surface area contributed by atoms with Gasteiger partial charge in [-0.05, 0) is 48.7 Å². The number of hydrogen-bond acceptors (Lipinski definition) is 5. The Balaban J connectivity index is 1.47. The van der Waals surface area contributed by atoms with E-state index in [-0.39, 0.29) is 17.8 Å². The van der Waals surface area contributed by atoms with E-state index in [1.807, 2.05) is 12.1 Å². The molecule has 2 heterocycles. The molecular weight excluding hydrogens is 423 g/mol. The molecule has 1 aliphatic rings. The first-order chi connectivity index (χ1) is 16.1. The van der Waals surface area contributed by atoms with Crippen LogP contribution in [0.5, 0.6) is 11.5 Å². The molecule has 0 saturated carbocycles. The largest absolute Gasteiger partial charge is 0.497 e. The van der Waals surface area contributed by atoms with Gasteiger partial charge in [0, 0.05) is 23.7 Å². The molecule has 6 nitrogen and oxygen atoms in total. The third-order valence-corrected chi connectivity index (χ3v) is 5.99.